The van der Waals surface area contributed by atoms with Crippen LogP contribution >= 0.6 is 11.3 Å². The minimum absolute atomic E-state index is 0.0819. The molecule has 7 aromatic heterocycles. The fourth-order valence-corrected chi connectivity index (χ4v) is 18.1. The maximum absolute atomic E-state index is 5.11. The molecule has 23 rings (SSSR count). The number of aromatic nitrogens is 6. The Labute approximate surface area is 688 Å². The maximum atomic E-state index is 5.11. The summed E-state index contributed by atoms with van der Waals surface area (Å²) in [4.78, 5) is 6.77. The lowest BCUT2D eigenvalue weighted by Crippen LogP contribution is -2.16. The van der Waals surface area contributed by atoms with Crippen molar-refractivity contribution < 1.29 is 0 Å². The molecule has 118 heavy (non-hydrogen) atoms. The van der Waals surface area contributed by atoms with Crippen LogP contribution in [0.3, 0.4) is 0 Å². The largest absolute Gasteiger partial charge is 0.294 e. The Bertz CT molecular complexity index is 7190. The topological polar surface area (TPSA) is 61.6 Å². The summed E-state index contributed by atoms with van der Waals surface area (Å²) in [5, 5.41) is 24.9. The van der Waals surface area contributed by atoms with E-state index in [0.717, 1.165) is 68.1 Å². The fourth-order valence-electron chi connectivity index (χ4n) is 17.0. The summed E-state index contributed by atoms with van der Waals surface area (Å²) in [6.07, 6.45) is 6.33. The number of nitrogens with zero attached hydrogens (tertiary/aromatic N) is 9. The van der Waals surface area contributed by atoms with Crippen molar-refractivity contribution in [3.8, 4) is 55.6 Å². The van der Waals surface area contributed by atoms with Gasteiger partial charge in [-0.05, 0) is 180 Å². The van der Waals surface area contributed by atoms with Gasteiger partial charge in [0.05, 0.1) is 16.6 Å². The first-order valence-corrected chi connectivity index (χ1v) is 40.8. The van der Waals surface area contributed by atoms with Gasteiger partial charge in [-0.2, -0.15) is 0 Å². The molecule has 0 amide bonds. The lowest BCUT2D eigenvalue weighted by molar-refractivity contribution is 0.660. The zero-order valence-corrected chi connectivity index (χ0v) is 65.7. The van der Waals surface area contributed by atoms with Crippen LogP contribution in [0.1, 0.15) is 25.0 Å². The number of thiophene rings is 1. The molecule has 15 aromatic carbocycles. The molecule has 1 aliphatic rings. The normalized spacial score (nSPS) is 12.1. The highest BCUT2D eigenvalue weighted by atomic mass is 32.1. The van der Waals surface area contributed by atoms with Gasteiger partial charge in [0.15, 0.2) is 17.5 Å². The van der Waals surface area contributed by atoms with Crippen molar-refractivity contribution in [2.45, 2.75) is 19.3 Å². The van der Waals surface area contributed by atoms with Gasteiger partial charge >= 0.3 is 0 Å². The van der Waals surface area contributed by atoms with Crippen molar-refractivity contribution >= 4 is 132 Å². The molecule has 0 unspecified atom stereocenters. The first kappa shape index (κ1) is 70.6. The van der Waals surface area contributed by atoms with Gasteiger partial charge in [-0.1, -0.05) is 311 Å². The number of benzene rings is 15. The van der Waals surface area contributed by atoms with Crippen molar-refractivity contribution in [1.82, 2.24) is 28.8 Å². The average Bonchev–Trinajstić information content (AvgIpc) is 1.62. The van der Waals surface area contributed by atoms with E-state index in [0.29, 0.717) is 0 Å². The molecule has 7 heterocycles. The predicted molar refractivity (Wildman–Crippen MR) is 494 cm³/mol. The van der Waals surface area contributed by atoms with Gasteiger partial charge in [0, 0.05) is 113 Å². The first-order chi connectivity index (χ1) is 58.2. The number of anilines is 9. The van der Waals surface area contributed by atoms with Crippen LogP contribution in [0.2, 0.25) is 0 Å². The molecule has 560 valence electrons. The highest BCUT2D eigenvalue weighted by Gasteiger charge is 2.36. The zero-order valence-electron chi connectivity index (χ0n) is 64.9. The number of fused-ring (bicyclic) bond motifs is 12. The van der Waals surface area contributed by atoms with Gasteiger partial charge in [-0.3, -0.25) is 14.7 Å². The molecule has 9 nitrogen and oxygen atoms in total. The van der Waals surface area contributed by atoms with Gasteiger partial charge in [0.2, 0.25) is 0 Å². The third-order valence-electron chi connectivity index (χ3n) is 23.0. The van der Waals surface area contributed by atoms with E-state index in [1.54, 1.807) is 0 Å². The van der Waals surface area contributed by atoms with Crippen LogP contribution in [-0.4, -0.2) is 28.8 Å². The third-order valence-corrected chi connectivity index (χ3v) is 24.1. The zero-order chi connectivity index (χ0) is 78.6. The van der Waals surface area contributed by atoms with Gasteiger partial charge in [-0.25, -0.2) is 13.5 Å². The molecule has 0 spiro atoms. The minimum Gasteiger partial charge on any atom is -0.294 e. The predicted octanol–water partition coefficient (Wildman–Crippen LogP) is 29.2. The number of hydrogen-bond donors (Lipinski definition) is 0. The van der Waals surface area contributed by atoms with Gasteiger partial charge in [0.1, 0.15) is 0 Å². The highest BCUT2D eigenvalue weighted by Crippen LogP contribution is 2.51. The summed E-state index contributed by atoms with van der Waals surface area (Å²) >= 11 is 1.84. The maximum Gasteiger partial charge on any atom is 0.160 e. The molecular weight excluding hydrogens is 1460 g/mol. The number of hydrogen-bond acceptors (Lipinski definition) is 7. The van der Waals surface area contributed by atoms with E-state index >= 15 is 0 Å². The van der Waals surface area contributed by atoms with Crippen LogP contribution in [0.15, 0.2) is 431 Å². The second-order valence-corrected chi connectivity index (χ2v) is 31.7. The first-order valence-electron chi connectivity index (χ1n) is 40.0. The van der Waals surface area contributed by atoms with Crippen LogP contribution in [0, 0.1) is 0 Å². The van der Waals surface area contributed by atoms with Crippen LogP contribution in [0.4, 0.5) is 51.6 Å². The standard InChI is InChI=1S/C38H29N3.C35H23N3S.C35H25N3/c1-38(2)35-15-9-8-14-33(35)34-21-20-31(23-36(34)38)41(30-18-16-27(17-19-30)26-10-4-3-5-11-26)37-24-32-22-28-12-6-7-13-29(28)25-40(32)39-37;1-2-8-24(9-3-1)25-14-16-28(17-15-25)38(29-18-19-32-31-12-6-7-13-33(31)39-34(32)21-29)35-22-30-20-26-10-4-5-11-27(26)23-37(30)36-35;1-3-9-26(10-4-1)28-15-19-32(20-16-28)38(33-21-17-29(18-22-33)27-11-5-2-6-12-27)35-24-34-23-30-13-7-8-14-31(30)25-37(34)36-35/h3-25H,1-2H3;1-23H;1-25H. The fraction of sp³-hybridized carbons (Fsp3) is 0.0278. The Kier molecular flexibility index (Phi) is 17.9. The molecule has 10 heteroatoms. The summed E-state index contributed by atoms with van der Waals surface area (Å²) in [5.74, 6) is 2.65. The Hall–Kier alpha value is -15.2. The average molecular weight is 1530 g/mol. The molecular formula is C108H77N9S. The van der Waals surface area contributed by atoms with Crippen molar-refractivity contribution in [3.63, 3.8) is 0 Å². The van der Waals surface area contributed by atoms with E-state index in [4.69, 9.17) is 15.3 Å². The number of pyridine rings is 3. The molecule has 22 aromatic rings. The lowest BCUT2D eigenvalue weighted by atomic mass is 9.82. The van der Waals surface area contributed by atoms with Crippen LogP contribution < -0.4 is 14.7 Å². The monoisotopic (exact) mass is 1530 g/mol. The molecule has 0 fully saturated rings. The second kappa shape index (κ2) is 29.9. The molecule has 0 radical (unpaired) electrons. The van der Waals surface area contributed by atoms with Crippen molar-refractivity contribution in [3.05, 3.63) is 442 Å². The SMILES string of the molecule is CC1(C)c2ccccc2-c2ccc(N(c3ccc(-c4ccccc4)cc3)c3cc4cc5ccccc5cn4n3)cc21.c1ccc(-c2ccc(N(c3ccc(-c4ccccc4)cc3)c3cc4cc5ccccc5cn4n3)cc2)cc1.c1ccc(-c2ccc(N(c3ccc4c(c3)sc3ccccc34)c3cc4cc5ccccc5cn4n3)cc2)cc1. The summed E-state index contributed by atoms with van der Waals surface area (Å²) in [5.41, 5.74) is 24.5. The molecule has 0 bridgehead atoms. The Morgan fingerprint density at radius 1 is 0.229 bits per heavy atom. The molecule has 0 atom stereocenters. The Morgan fingerprint density at radius 3 is 0.932 bits per heavy atom. The van der Waals surface area contributed by atoms with Crippen LogP contribution in [0.5, 0.6) is 0 Å². The second-order valence-electron chi connectivity index (χ2n) is 30.7. The highest BCUT2D eigenvalue weighted by molar-refractivity contribution is 7.25. The van der Waals surface area contributed by atoms with Crippen molar-refractivity contribution in [2.24, 2.45) is 0 Å². The van der Waals surface area contributed by atoms with E-state index in [1.807, 2.05) is 37.0 Å². The van der Waals surface area contributed by atoms with E-state index < -0.39 is 0 Å². The number of rotatable bonds is 13. The summed E-state index contributed by atoms with van der Waals surface area (Å²) in [7, 11) is 0. The molecule has 0 saturated heterocycles. The van der Waals surface area contributed by atoms with E-state index in [2.05, 4.69) is 448 Å². The summed E-state index contributed by atoms with van der Waals surface area (Å²) < 4.78 is 8.54. The van der Waals surface area contributed by atoms with Crippen molar-refractivity contribution in [1.29, 1.82) is 0 Å². The summed E-state index contributed by atoms with van der Waals surface area (Å²) in [6.45, 7) is 4.66. The summed E-state index contributed by atoms with van der Waals surface area (Å²) in [6, 6.07) is 146. The molecule has 0 aliphatic heterocycles. The van der Waals surface area contributed by atoms with Crippen molar-refractivity contribution in [2.75, 3.05) is 14.7 Å². The van der Waals surface area contributed by atoms with Gasteiger partial charge in [-0.15, -0.1) is 26.6 Å². The van der Waals surface area contributed by atoms with E-state index in [9.17, 15) is 0 Å². The lowest BCUT2D eigenvalue weighted by Gasteiger charge is -2.26. The van der Waals surface area contributed by atoms with Gasteiger partial charge < -0.3 is 0 Å². The van der Waals surface area contributed by atoms with Crippen LogP contribution in [0.25, 0.3) is 125 Å². The Morgan fingerprint density at radius 2 is 0.525 bits per heavy atom. The third kappa shape index (κ3) is 13.4. The van der Waals surface area contributed by atoms with E-state index in [-0.39, 0.29) is 5.41 Å². The smallest absolute Gasteiger partial charge is 0.160 e. The molecule has 0 N–H and O–H groups in total. The minimum atomic E-state index is -0.0819. The van der Waals surface area contributed by atoms with Gasteiger partial charge in [0.25, 0.3) is 0 Å². The molecule has 1 aliphatic carbocycles. The quantitative estimate of drug-likeness (QED) is 0.115. The Balaban J connectivity index is 0.000000110. The van der Waals surface area contributed by atoms with Crippen LogP contribution in [-0.2, 0) is 5.41 Å². The molecule has 0 saturated carbocycles. The van der Waals surface area contributed by atoms with E-state index in [1.165, 1.54) is 119 Å².